The van der Waals surface area contributed by atoms with Crippen molar-refractivity contribution >= 4 is 29.9 Å². The maximum Gasteiger partial charge on any atom is 0.191 e. The van der Waals surface area contributed by atoms with Gasteiger partial charge in [0.2, 0.25) is 0 Å². The van der Waals surface area contributed by atoms with Gasteiger partial charge in [-0.2, -0.15) is 0 Å². The fraction of sp³-hybridized carbons (Fsp3) is 0.650. The smallest absolute Gasteiger partial charge is 0.191 e. The molecule has 0 bridgehead atoms. The van der Waals surface area contributed by atoms with Crippen molar-refractivity contribution in [2.75, 3.05) is 39.8 Å². The van der Waals surface area contributed by atoms with E-state index >= 15 is 0 Å². The summed E-state index contributed by atoms with van der Waals surface area (Å²) in [4.78, 5) is 7.17. The van der Waals surface area contributed by atoms with Crippen molar-refractivity contribution in [3.05, 3.63) is 35.6 Å². The molecule has 6 heteroatoms. The fourth-order valence-electron chi connectivity index (χ4n) is 3.63. The molecule has 1 aromatic rings. The minimum atomic E-state index is -0.0977. The van der Waals surface area contributed by atoms with Crippen LogP contribution in [0, 0.1) is 11.7 Å². The Morgan fingerprint density at radius 2 is 1.92 bits per heavy atom. The van der Waals surface area contributed by atoms with Crippen molar-refractivity contribution in [3.8, 4) is 0 Å². The van der Waals surface area contributed by atoms with Gasteiger partial charge in [0.15, 0.2) is 5.96 Å². The number of benzene rings is 1. The minimum absolute atomic E-state index is 0. The second-order valence-electron chi connectivity index (χ2n) is 7.58. The lowest BCUT2D eigenvalue weighted by Crippen LogP contribution is -2.42. The molecular formula is C20H32FIN4. The molecule has 0 unspecified atom stereocenters. The first-order valence-electron chi connectivity index (χ1n) is 9.59. The molecule has 3 rings (SSSR count). The summed E-state index contributed by atoms with van der Waals surface area (Å²) in [7, 11) is 2.19. The number of guanidine groups is 1. The molecule has 0 radical (unpaired) electrons. The Labute approximate surface area is 174 Å². The van der Waals surface area contributed by atoms with E-state index in [0.717, 1.165) is 37.5 Å². The molecule has 1 aromatic carbocycles. The molecule has 1 saturated carbocycles. The monoisotopic (exact) mass is 474 g/mol. The summed E-state index contributed by atoms with van der Waals surface area (Å²) < 4.78 is 14.1. The predicted molar refractivity (Wildman–Crippen MR) is 117 cm³/mol. The van der Waals surface area contributed by atoms with Gasteiger partial charge < -0.3 is 15.5 Å². The topological polar surface area (TPSA) is 39.7 Å². The van der Waals surface area contributed by atoms with E-state index in [0.29, 0.717) is 12.5 Å². The second-order valence-corrected chi connectivity index (χ2v) is 7.58. The maximum atomic E-state index is 14.1. The van der Waals surface area contributed by atoms with Crippen LogP contribution < -0.4 is 10.6 Å². The summed E-state index contributed by atoms with van der Waals surface area (Å²) >= 11 is 0. The van der Waals surface area contributed by atoms with Gasteiger partial charge in [0.1, 0.15) is 5.82 Å². The number of rotatable bonds is 6. The van der Waals surface area contributed by atoms with Crippen LogP contribution in [-0.4, -0.2) is 50.6 Å². The summed E-state index contributed by atoms with van der Waals surface area (Å²) in [6, 6.07) is 7.15. The van der Waals surface area contributed by atoms with Gasteiger partial charge >= 0.3 is 0 Å². The first-order chi connectivity index (χ1) is 12.1. The molecule has 4 nitrogen and oxygen atoms in total. The van der Waals surface area contributed by atoms with Gasteiger partial charge in [0.25, 0.3) is 0 Å². The summed E-state index contributed by atoms with van der Waals surface area (Å²) in [6.45, 7) is 6.89. The van der Waals surface area contributed by atoms with Crippen molar-refractivity contribution in [2.24, 2.45) is 10.9 Å². The molecule has 0 amide bonds. The van der Waals surface area contributed by atoms with E-state index < -0.39 is 0 Å². The Balaban J connectivity index is 0.00000243. The molecule has 2 aliphatic rings. The van der Waals surface area contributed by atoms with Crippen LogP contribution in [0.5, 0.6) is 0 Å². The fourth-order valence-corrected chi connectivity index (χ4v) is 3.63. The molecule has 0 aromatic heterocycles. The van der Waals surface area contributed by atoms with Gasteiger partial charge in [-0.3, -0.25) is 4.99 Å². The Morgan fingerprint density at radius 3 is 2.54 bits per heavy atom. The Bertz CT molecular complexity index is 595. The highest BCUT2D eigenvalue weighted by Gasteiger charge is 2.45. The van der Waals surface area contributed by atoms with Crippen LogP contribution in [0.25, 0.3) is 0 Å². The summed E-state index contributed by atoms with van der Waals surface area (Å²) in [5, 5.41) is 6.83. The summed E-state index contributed by atoms with van der Waals surface area (Å²) in [5.41, 5.74) is 0.728. The minimum Gasteiger partial charge on any atom is -0.357 e. The third kappa shape index (κ3) is 5.55. The molecule has 0 atom stereocenters. The van der Waals surface area contributed by atoms with Crippen molar-refractivity contribution in [2.45, 2.75) is 38.0 Å². The largest absolute Gasteiger partial charge is 0.357 e. The number of likely N-dealkylation sites (tertiary alicyclic amines) is 1. The van der Waals surface area contributed by atoms with Crippen LogP contribution in [0.4, 0.5) is 4.39 Å². The zero-order valence-corrected chi connectivity index (χ0v) is 18.3. The Morgan fingerprint density at radius 1 is 1.23 bits per heavy atom. The van der Waals surface area contributed by atoms with Gasteiger partial charge in [-0.15, -0.1) is 24.0 Å². The summed E-state index contributed by atoms with van der Waals surface area (Å²) in [5.74, 6) is 1.48. The number of nitrogens with one attached hydrogen (secondary N) is 2. The van der Waals surface area contributed by atoms with Crippen molar-refractivity contribution in [3.63, 3.8) is 0 Å². The average molecular weight is 474 g/mol. The predicted octanol–water partition coefficient (Wildman–Crippen LogP) is 3.37. The maximum absolute atomic E-state index is 14.1. The van der Waals surface area contributed by atoms with Crippen LogP contribution in [0.3, 0.4) is 0 Å². The van der Waals surface area contributed by atoms with Crippen LogP contribution in [-0.2, 0) is 5.41 Å². The van der Waals surface area contributed by atoms with Crippen LogP contribution in [0.15, 0.2) is 29.3 Å². The third-order valence-electron chi connectivity index (χ3n) is 5.58. The standard InChI is InChI=1S/C20H31FN4.HI/c1-3-22-19(23-14-16-8-12-25(2)13-9-16)24-15-20(10-11-20)17-6-4-5-7-18(17)21;/h4-7,16H,3,8-15H2,1-2H3,(H2,22,23,24);1H. The average Bonchev–Trinajstić information content (AvgIpc) is 3.40. The first-order valence-corrected chi connectivity index (χ1v) is 9.59. The highest BCUT2D eigenvalue weighted by molar-refractivity contribution is 14.0. The number of piperidine rings is 1. The van der Waals surface area contributed by atoms with Crippen LogP contribution >= 0.6 is 24.0 Å². The number of aliphatic imine (C=N–C) groups is 1. The lowest BCUT2D eigenvalue weighted by molar-refractivity contribution is 0.220. The van der Waals surface area contributed by atoms with E-state index in [-0.39, 0.29) is 35.2 Å². The number of hydrogen-bond acceptors (Lipinski definition) is 2. The number of nitrogens with zero attached hydrogens (tertiary/aromatic N) is 2. The van der Waals surface area contributed by atoms with E-state index in [1.807, 2.05) is 12.1 Å². The van der Waals surface area contributed by atoms with E-state index in [9.17, 15) is 4.39 Å². The molecule has 2 N–H and O–H groups in total. The van der Waals surface area contributed by atoms with E-state index in [2.05, 4.69) is 29.5 Å². The molecule has 146 valence electrons. The number of halogens is 2. The van der Waals surface area contributed by atoms with Crippen LogP contribution in [0.1, 0.15) is 38.2 Å². The van der Waals surface area contributed by atoms with E-state index in [1.54, 1.807) is 12.1 Å². The highest BCUT2D eigenvalue weighted by Crippen LogP contribution is 2.49. The lowest BCUT2D eigenvalue weighted by atomic mass is 9.95. The van der Waals surface area contributed by atoms with Gasteiger partial charge in [0.05, 0.1) is 6.54 Å². The van der Waals surface area contributed by atoms with E-state index in [4.69, 9.17) is 4.99 Å². The molecule has 1 saturated heterocycles. The third-order valence-corrected chi connectivity index (χ3v) is 5.58. The molecule has 1 aliphatic carbocycles. The zero-order chi connectivity index (χ0) is 17.7. The SMILES string of the molecule is CCNC(=NCC1(c2ccccc2F)CC1)NCC1CCN(C)CC1.I. The number of hydrogen-bond donors (Lipinski definition) is 2. The lowest BCUT2D eigenvalue weighted by Gasteiger charge is -2.29. The Hall–Kier alpha value is -0.890. The van der Waals surface area contributed by atoms with Crippen LogP contribution in [0.2, 0.25) is 0 Å². The quantitative estimate of drug-likeness (QED) is 0.378. The molecular weight excluding hydrogens is 442 g/mol. The highest BCUT2D eigenvalue weighted by atomic mass is 127. The van der Waals surface area contributed by atoms with E-state index in [1.165, 1.54) is 25.9 Å². The summed E-state index contributed by atoms with van der Waals surface area (Å²) in [6.07, 6.45) is 4.52. The van der Waals surface area contributed by atoms with Crippen molar-refractivity contribution in [1.82, 2.24) is 15.5 Å². The molecule has 0 spiro atoms. The van der Waals surface area contributed by atoms with Gasteiger partial charge in [-0.05, 0) is 70.3 Å². The van der Waals surface area contributed by atoms with Gasteiger partial charge in [-0.1, -0.05) is 18.2 Å². The second kappa shape index (κ2) is 9.88. The zero-order valence-electron chi connectivity index (χ0n) is 15.9. The Kier molecular flexibility index (Phi) is 8.13. The molecule has 2 fully saturated rings. The van der Waals surface area contributed by atoms with Gasteiger partial charge in [-0.25, -0.2) is 4.39 Å². The molecule has 26 heavy (non-hydrogen) atoms. The normalized spacial score (nSPS) is 20.3. The van der Waals surface area contributed by atoms with Crippen molar-refractivity contribution < 1.29 is 4.39 Å². The molecule has 1 heterocycles. The molecule has 1 aliphatic heterocycles. The van der Waals surface area contributed by atoms with Crippen molar-refractivity contribution in [1.29, 1.82) is 0 Å². The van der Waals surface area contributed by atoms with Gasteiger partial charge in [0, 0.05) is 18.5 Å². The first kappa shape index (κ1) is 21.4.